The summed E-state index contributed by atoms with van der Waals surface area (Å²) in [6.07, 6.45) is -6.60. The van der Waals surface area contributed by atoms with Crippen molar-refractivity contribution in [2.45, 2.75) is 44.4 Å². The zero-order chi connectivity index (χ0) is 26.9. The SMILES string of the molecule is CC(C)N1CCOCC2(CN(Cc3ccoc3)CCO2)C1.O=C(O)C(F)(F)F.O=C(O)C(F)(F)F. The zero-order valence-electron chi connectivity index (χ0n) is 19.1. The fraction of sp³-hybridized carbons (Fsp3) is 0.700. The quantitative estimate of drug-likeness (QED) is 0.579. The Kier molecular flexibility index (Phi) is 11.5. The van der Waals surface area contributed by atoms with E-state index in [1.54, 1.807) is 6.26 Å². The first kappa shape index (κ1) is 30.7. The molecule has 2 saturated heterocycles. The highest BCUT2D eigenvalue weighted by molar-refractivity contribution is 5.73. The van der Waals surface area contributed by atoms with Gasteiger partial charge in [-0.1, -0.05) is 0 Å². The molecular weight excluding hydrogens is 494 g/mol. The number of carboxylic acids is 2. The molecule has 0 radical (unpaired) electrons. The van der Waals surface area contributed by atoms with Gasteiger partial charge >= 0.3 is 24.3 Å². The van der Waals surface area contributed by atoms with Crippen LogP contribution in [0.15, 0.2) is 23.0 Å². The molecule has 2 aliphatic heterocycles. The van der Waals surface area contributed by atoms with E-state index in [-0.39, 0.29) is 5.60 Å². The lowest BCUT2D eigenvalue weighted by Gasteiger charge is -2.44. The van der Waals surface area contributed by atoms with Crippen LogP contribution in [0, 0.1) is 0 Å². The highest BCUT2D eigenvalue weighted by atomic mass is 19.4. The van der Waals surface area contributed by atoms with Gasteiger partial charge in [-0.2, -0.15) is 26.3 Å². The molecule has 1 spiro atoms. The summed E-state index contributed by atoms with van der Waals surface area (Å²) in [5.41, 5.74) is 1.03. The number of alkyl halides is 6. The molecule has 0 amide bonds. The Hall–Kier alpha value is -2.36. The van der Waals surface area contributed by atoms with E-state index in [1.165, 1.54) is 5.56 Å². The molecule has 0 saturated carbocycles. The summed E-state index contributed by atoms with van der Waals surface area (Å²) < 4.78 is 80.7. The Labute approximate surface area is 197 Å². The lowest BCUT2D eigenvalue weighted by Crippen LogP contribution is -2.59. The standard InChI is InChI=1S/C16H26N2O3.2C2HF3O2/c1-14(2)18-5-7-20-13-16(12-18)11-17(4-8-21-16)9-15-3-6-19-10-15;2*3-2(4,5)1(6)7/h3,6,10,14H,4-5,7-9,11-13H2,1-2H3;2*(H,6,7). The average Bonchev–Trinajstić information content (AvgIpc) is 3.14. The van der Waals surface area contributed by atoms with Crippen LogP contribution in [-0.2, 0) is 25.6 Å². The van der Waals surface area contributed by atoms with Crippen LogP contribution in [0.25, 0.3) is 0 Å². The molecule has 2 N–H and O–H groups in total. The van der Waals surface area contributed by atoms with Crippen LogP contribution >= 0.6 is 0 Å². The van der Waals surface area contributed by atoms with Gasteiger partial charge < -0.3 is 24.1 Å². The smallest absolute Gasteiger partial charge is 0.475 e. The third-order valence-corrected chi connectivity index (χ3v) is 4.91. The van der Waals surface area contributed by atoms with Crippen molar-refractivity contribution in [2.75, 3.05) is 46.0 Å². The first-order chi connectivity index (χ1) is 16.1. The van der Waals surface area contributed by atoms with Crippen LogP contribution in [0.5, 0.6) is 0 Å². The van der Waals surface area contributed by atoms with E-state index < -0.39 is 24.3 Å². The van der Waals surface area contributed by atoms with Crippen LogP contribution in [0.2, 0.25) is 0 Å². The molecule has 1 aromatic heterocycles. The maximum Gasteiger partial charge on any atom is 0.490 e. The Morgan fingerprint density at radius 1 is 1.03 bits per heavy atom. The van der Waals surface area contributed by atoms with Gasteiger partial charge in [0.15, 0.2) is 0 Å². The second-order valence-electron chi connectivity index (χ2n) is 8.10. The van der Waals surface area contributed by atoms with Crippen molar-refractivity contribution in [2.24, 2.45) is 0 Å². The maximum atomic E-state index is 10.6. The number of morpholine rings is 1. The first-order valence-electron chi connectivity index (χ1n) is 10.3. The number of aliphatic carboxylic acids is 2. The number of furan rings is 1. The second-order valence-corrected chi connectivity index (χ2v) is 8.10. The van der Waals surface area contributed by atoms with Crippen LogP contribution in [-0.4, -0.2) is 102 Å². The number of ether oxygens (including phenoxy) is 2. The molecule has 2 aliphatic rings. The van der Waals surface area contributed by atoms with E-state index in [1.807, 2.05) is 12.3 Å². The van der Waals surface area contributed by atoms with E-state index in [2.05, 4.69) is 23.6 Å². The second kappa shape index (κ2) is 13.1. The van der Waals surface area contributed by atoms with Crippen LogP contribution < -0.4 is 0 Å². The Balaban J connectivity index is 0.000000362. The summed E-state index contributed by atoms with van der Waals surface area (Å²) in [5.74, 6) is -5.51. The van der Waals surface area contributed by atoms with Gasteiger partial charge in [0.05, 0.1) is 32.3 Å². The van der Waals surface area contributed by atoms with Gasteiger partial charge in [0.25, 0.3) is 0 Å². The number of carbonyl (C=O) groups is 2. The Morgan fingerprint density at radius 3 is 2.06 bits per heavy atom. The van der Waals surface area contributed by atoms with Crippen molar-refractivity contribution in [3.05, 3.63) is 24.2 Å². The number of hydrogen-bond acceptors (Lipinski definition) is 7. The molecular formula is C20H28F6N2O7. The van der Waals surface area contributed by atoms with Crippen molar-refractivity contribution in [3.8, 4) is 0 Å². The minimum Gasteiger partial charge on any atom is -0.475 e. The van der Waals surface area contributed by atoms with Crippen molar-refractivity contribution in [1.29, 1.82) is 0 Å². The van der Waals surface area contributed by atoms with Crippen molar-refractivity contribution < 1.29 is 60.0 Å². The lowest BCUT2D eigenvalue weighted by molar-refractivity contribution is -0.193. The highest BCUT2D eigenvalue weighted by Gasteiger charge is 2.41. The molecule has 9 nitrogen and oxygen atoms in total. The molecule has 0 bridgehead atoms. The molecule has 3 heterocycles. The molecule has 0 aliphatic carbocycles. The number of hydrogen-bond donors (Lipinski definition) is 2. The topological polar surface area (TPSA) is 113 Å². The van der Waals surface area contributed by atoms with E-state index >= 15 is 0 Å². The molecule has 1 unspecified atom stereocenters. The molecule has 1 atom stereocenters. The number of rotatable bonds is 3. The van der Waals surface area contributed by atoms with Gasteiger partial charge in [-0.15, -0.1) is 0 Å². The van der Waals surface area contributed by atoms with E-state index in [9.17, 15) is 26.3 Å². The normalized spacial score (nSPS) is 22.0. The van der Waals surface area contributed by atoms with Gasteiger partial charge in [0.2, 0.25) is 0 Å². The van der Waals surface area contributed by atoms with Crippen LogP contribution in [0.1, 0.15) is 19.4 Å². The van der Waals surface area contributed by atoms with Gasteiger partial charge in [-0.05, 0) is 19.9 Å². The fourth-order valence-corrected chi connectivity index (χ4v) is 3.26. The summed E-state index contributed by atoms with van der Waals surface area (Å²) in [6.45, 7) is 11.5. The first-order valence-corrected chi connectivity index (χ1v) is 10.3. The lowest BCUT2D eigenvalue weighted by atomic mass is 10.0. The molecule has 1 aromatic rings. The molecule has 0 aromatic carbocycles. The largest absolute Gasteiger partial charge is 0.490 e. The Morgan fingerprint density at radius 2 is 1.60 bits per heavy atom. The van der Waals surface area contributed by atoms with E-state index in [0.29, 0.717) is 12.6 Å². The van der Waals surface area contributed by atoms with Crippen LogP contribution in [0.3, 0.4) is 0 Å². The summed E-state index contributed by atoms with van der Waals surface area (Å²) in [7, 11) is 0. The summed E-state index contributed by atoms with van der Waals surface area (Å²) in [5, 5.41) is 14.2. The zero-order valence-corrected chi connectivity index (χ0v) is 19.1. The van der Waals surface area contributed by atoms with E-state index in [0.717, 1.165) is 45.9 Å². The van der Waals surface area contributed by atoms with Gasteiger partial charge in [0.1, 0.15) is 5.60 Å². The number of halogens is 6. The van der Waals surface area contributed by atoms with Crippen molar-refractivity contribution in [1.82, 2.24) is 9.80 Å². The predicted molar refractivity (Wildman–Crippen MR) is 108 cm³/mol. The van der Waals surface area contributed by atoms with Crippen LogP contribution in [0.4, 0.5) is 26.3 Å². The molecule has 15 heteroatoms. The summed E-state index contributed by atoms with van der Waals surface area (Å²) in [6, 6.07) is 2.56. The van der Waals surface area contributed by atoms with Gasteiger partial charge in [-0.25, -0.2) is 9.59 Å². The maximum absolute atomic E-state index is 10.6. The Bertz CT molecular complexity index is 762. The minimum atomic E-state index is -5.08. The van der Waals surface area contributed by atoms with Crippen molar-refractivity contribution in [3.63, 3.8) is 0 Å². The number of nitrogens with zero attached hydrogens (tertiary/aromatic N) is 2. The highest BCUT2D eigenvalue weighted by Crippen LogP contribution is 2.24. The minimum absolute atomic E-state index is 0.192. The average molecular weight is 522 g/mol. The van der Waals surface area contributed by atoms with Gasteiger partial charge in [-0.3, -0.25) is 9.80 Å². The fourth-order valence-electron chi connectivity index (χ4n) is 3.26. The molecule has 2 fully saturated rings. The molecule has 3 rings (SSSR count). The monoisotopic (exact) mass is 522 g/mol. The summed E-state index contributed by atoms with van der Waals surface area (Å²) in [4.78, 5) is 22.7. The number of carboxylic acid groups (broad SMARTS) is 2. The van der Waals surface area contributed by atoms with Gasteiger partial charge in [0, 0.05) is 44.3 Å². The predicted octanol–water partition coefficient (Wildman–Crippen LogP) is 2.86. The third-order valence-electron chi connectivity index (χ3n) is 4.91. The molecule has 35 heavy (non-hydrogen) atoms. The molecule has 202 valence electrons. The summed E-state index contributed by atoms with van der Waals surface area (Å²) >= 11 is 0. The van der Waals surface area contributed by atoms with Crippen molar-refractivity contribution >= 4 is 11.9 Å². The third kappa shape index (κ3) is 11.3. The van der Waals surface area contributed by atoms with E-state index in [4.69, 9.17) is 33.7 Å².